The van der Waals surface area contributed by atoms with Gasteiger partial charge in [0, 0.05) is 37.1 Å². The van der Waals surface area contributed by atoms with Crippen LogP contribution >= 0.6 is 11.3 Å². The molecule has 1 aromatic rings. The van der Waals surface area contributed by atoms with Gasteiger partial charge < -0.3 is 5.32 Å². The molecule has 1 aliphatic carbocycles. The maximum atomic E-state index is 3.43. The molecule has 1 fully saturated rings. The van der Waals surface area contributed by atoms with Gasteiger partial charge in [0.25, 0.3) is 0 Å². The Hall–Kier alpha value is -0.380. The Balaban J connectivity index is 1.85. The predicted octanol–water partition coefficient (Wildman–Crippen LogP) is 1.89. The van der Waals surface area contributed by atoms with E-state index < -0.39 is 0 Å². The summed E-state index contributed by atoms with van der Waals surface area (Å²) in [6.45, 7) is 7.14. The summed E-state index contributed by atoms with van der Waals surface area (Å²) in [7, 11) is 0. The van der Waals surface area contributed by atoms with Crippen LogP contribution in [0.1, 0.15) is 23.4 Å². The van der Waals surface area contributed by atoms with E-state index in [1.807, 2.05) is 11.3 Å². The zero-order valence-electron chi connectivity index (χ0n) is 9.20. The second kappa shape index (κ2) is 3.89. The monoisotopic (exact) mass is 222 g/mol. The van der Waals surface area contributed by atoms with E-state index in [0.29, 0.717) is 6.04 Å². The van der Waals surface area contributed by atoms with E-state index in [1.165, 1.54) is 19.5 Å². The first-order chi connectivity index (χ1) is 7.36. The molecule has 0 bridgehead atoms. The lowest BCUT2D eigenvalue weighted by Crippen LogP contribution is -2.45. The lowest BCUT2D eigenvalue weighted by molar-refractivity contribution is 0.141. The van der Waals surface area contributed by atoms with Gasteiger partial charge in [0.05, 0.1) is 0 Å². The van der Waals surface area contributed by atoms with Crippen LogP contribution in [0.2, 0.25) is 0 Å². The molecule has 3 heteroatoms. The molecule has 0 aromatic carbocycles. The summed E-state index contributed by atoms with van der Waals surface area (Å²) in [5.41, 5.74) is 1.62. The fourth-order valence-corrected chi connectivity index (χ4v) is 4.07. The molecule has 1 N–H and O–H groups in total. The normalized spacial score (nSPS) is 31.8. The Bertz CT molecular complexity index is 341. The number of thiophene rings is 1. The molecular weight excluding hydrogens is 204 g/mol. The summed E-state index contributed by atoms with van der Waals surface area (Å²) in [5.74, 6) is 0.811. The standard InChI is InChI=1S/C12H18N2S/c1-9-8-11-10(2-7-15-11)12(9)14-5-3-13-4-6-14/h2,7,9,12-13H,3-6,8H2,1H3. The van der Waals surface area contributed by atoms with Gasteiger partial charge in [-0.3, -0.25) is 4.90 Å². The van der Waals surface area contributed by atoms with E-state index >= 15 is 0 Å². The van der Waals surface area contributed by atoms with Crippen LogP contribution in [0.15, 0.2) is 11.4 Å². The lowest BCUT2D eigenvalue weighted by atomic mass is 10.0. The number of nitrogens with zero attached hydrogens (tertiary/aromatic N) is 1. The second-order valence-corrected chi connectivity index (χ2v) is 5.71. The average Bonchev–Trinajstić information content (AvgIpc) is 2.78. The molecular formula is C12H18N2S. The summed E-state index contributed by atoms with van der Waals surface area (Å²) in [4.78, 5) is 4.30. The highest BCUT2D eigenvalue weighted by atomic mass is 32.1. The van der Waals surface area contributed by atoms with Crippen molar-refractivity contribution < 1.29 is 0 Å². The molecule has 1 saturated heterocycles. The van der Waals surface area contributed by atoms with Gasteiger partial charge in [0.2, 0.25) is 0 Å². The second-order valence-electron chi connectivity index (χ2n) is 4.71. The fourth-order valence-electron chi connectivity index (χ4n) is 3.01. The van der Waals surface area contributed by atoms with E-state index in [0.717, 1.165) is 19.0 Å². The lowest BCUT2D eigenvalue weighted by Gasteiger charge is -2.35. The molecule has 15 heavy (non-hydrogen) atoms. The molecule has 1 aromatic heterocycles. The molecule has 0 saturated carbocycles. The van der Waals surface area contributed by atoms with Crippen molar-refractivity contribution in [3.8, 4) is 0 Å². The minimum Gasteiger partial charge on any atom is -0.314 e. The van der Waals surface area contributed by atoms with Gasteiger partial charge in [-0.2, -0.15) is 0 Å². The van der Waals surface area contributed by atoms with Crippen molar-refractivity contribution in [3.63, 3.8) is 0 Å². The molecule has 2 aliphatic rings. The molecule has 1 aliphatic heterocycles. The maximum Gasteiger partial charge on any atom is 0.0389 e. The summed E-state index contributed by atoms with van der Waals surface area (Å²) in [6.07, 6.45) is 1.29. The van der Waals surface area contributed by atoms with Crippen LogP contribution in [0.3, 0.4) is 0 Å². The third-order valence-corrected chi connectivity index (χ3v) is 4.65. The van der Waals surface area contributed by atoms with Gasteiger partial charge in [-0.1, -0.05) is 6.92 Å². The molecule has 0 radical (unpaired) electrons. The molecule has 0 amide bonds. The van der Waals surface area contributed by atoms with Crippen molar-refractivity contribution in [2.75, 3.05) is 26.2 Å². The largest absolute Gasteiger partial charge is 0.314 e. The van der Waals surface area contributed by atoms with Crippen molar-refractivity contribution in [2.45, 2.75) is 19.4 Å². The fraction of sp³-hybridized carbons (Fsp3) is 0.667. The van der Waals surface area contributed by atoms with Crippen molar-refractivity contribution in [2.24, 2.45) is 5.92 Å². The zero-order chi connectivity index (χ0) is 10.3. The van der Waals surface area contributed by atoms with E-state index in [9.17, 15) is 0 Å². The van der Waals surface area contributed by atoms with Gasteiger partial charge in [0.15, 0.2) is 0 Å². The summed E-state index contributed by atoms with van der Waals surface area (Å²) in [5, 5.41) is 5.69. The van der Waals surface area contributed by atoms with E-state index in [-0.39, 0.29) is 0 Å². The maximum absolute atomic E-state index is 3.43. The first kappa shape index (κ1) is 9.82. The Morgan fingerprint density at radius 2 is 2.20 bits per heavy atom. The number of piperazine rings is 1. The van der Waals surface area contributed by atoms with Crippen molar-refractivity contribution in [1.29, 1.82) is 0 Å². The molecule has 82 valence electrons. The minimum absolute atomic E-state index is 0.702. The SMILES string of the molecule is CC1Cc2sccc2C1N1CCNCC1. The van der Waals surface area contributed by atoms with Gasteiger partial charge in [-0.25, -0.2) is 0 Å². The zero-order valence-corrected chi connectivity index (χ0v) is 10.0. The number of rotatable bonds is 1. The Kier molecular flexibility index (Phi) is 2.54. The van der Waals surface area contributed by atoms with Crippen LogP contribution < -0.4 is 5.32 Å². The highest BCUT2D eigenvalue weighted by Crippen LogP contribution is 2.42. The number of hydrogen-bond acceptors (Lipinski definition) is 3. The Morgan fingerprint density at radius 3 is 3.00 bits per heavy atom. The van der Waals surface area contributed by atoms with Crippen LogP contribution in [-0.4, -0.2) is 31.1 Å². The van der Waals surface area contributed by atoms with Crippen molar-refractivity contribution in [3.05, 3.63) is 21.9 Å². The topological polar surface area (TPSA) is 15.3 Å². The van der Waals surface area contributed by atoms with Gasteiger partial charge in [0.1, 0.15) is 0 Å². The minimum atomic E-state index is 0.702. The van der Waals surface area contributed by atoms with E-state index in [2.05, 4.69) is 28.6 Å². The molecule has 2 nitrogen and oxygen atoms in total. The first-order valence-corrected chi connectivity index (χ1v) is 6.75. The van der Waals surface area contributed by atoms with Crippen LogP contribution in [0.5, 0.6) is 0 Å². The third kappa shape index (κ3) is 1.63. The van der Waals surface area contributed by atoms with Gasteiger partial charge in [-0.05, 0) is 29.3 Å². The van der Waals surface area contributed by atoms with Crippen molar-refractivity contribution >= 4 is 11.3 Å². The molecule has 2 atom stereocenters. The first-order valence-electron chi connectivity index (χ1n) is 5.87. The van der Waals surface area contributed by atoms with E-state index in [4.69, 9.17) is 0 Å². The highest BCUT2D eigenvalue weighted by molar-refractivity contribution is 7.10. The van der Waals surface area contributed by atoms with Gasteiger partial charge >= 0.3 is 0 Å². The number of fused-ring (bicyclic) bond motifs is 1. The Labute approximate surface area is 95.3 Å². The average molecular weight is 222 g/mol. The summed E-state index contributed by atoms with van der Waals surface area (Å²) >= 11 is 1.94. The summed E-state index contributed by atoms with van der Waals surface area (Å²) < 4.78 is 0. The number of hydrogen-bond donors (Lipinski definition) is 1. The van der Waals surface area contributed by atoms with Crippen LogP contribution in [0, 0.1) is 5.92 Å². The van der Waals surface area contributed by atoms with Gasteiger partial charge in [-0.15, -0.1) is 11.3 Å². The molecule has 2 heterocycles. The Morgan fingerprint density at radius 1 is 1.40 bits per heavy atom. The van der Waals surface area contributed by atoms with E-state index in [1.54, 1.807) is 10.4 Å². The molecule has 2 unspecified atom stereocenters. The molecule has 0 spiro atoms. The highest BCUT2D eigenvalue weighted by Gasteiger charge is 2.34. The van der Waals surface area contributed by atoms with Crippen LogP contribution in [-0.2, 0) is 6.42 Å². The smallest absolute Gasteiger partial charge is 0.0389 e. The third-order valence-electron chi connectivity index (χ3n) is 3.69. The van der Waals surface area contributed by atoms with Crippen LogP contribution in [0.4, 0.5) is 0 Å². The van der Waals surface area contributed by atoms with Crippen molar-refractivity contribution in [1.82, 2.24) is 10.2 Å². The predicted molar refractivity (Wildman–Crippen MR) is 64.4 cm³/mol. The number of nitrogens with one attached hydrogen (secondary N) is 1. The van der Waals surface area contributed by atoms with Crippen LogP contribution in [0.25, 0.3) is 0 Å². The molecule has 3 rings (SSSR count). The quantitative estimate of drug-likeness (QED) is 0.780. The summed E-state index contributed by atoms with van der Waals surface area (Å²) in [6, 6.07) is 3.05.